The molecule has 4 aromatic rings. The van der Waals surface area contributed by atoms with Crippen molar-refractivity contribution < 1.29 is 14.3 Å². The molecule has 0 aliphatic carbocycles. The molecule has 0 saturated carbocycles. The van der Waals surface area contributed by atoms with Gasteiger partial charge in [-0.1, -0.05) is 66.2 Å². The van der Waals surface area contributed by atoms with Crippen molar-refractivity contribution in [3.63, 3.8) is 0 Å². The van der Waals surface area contributed by atoms with Gasteiger partial charge in [-0.3, -0.25) is 14.5 Å². The smallest absolute Gasteiger partial charge is 0.293 e. The summed E-state index contributed by atoms with van der Waals surface area (Å²) < 4.78 is 6.65. The van der Waals surface area contributed by atoms with E-state index in [4.69, 9.17) is 16.3 Å². The fraction of sp³-hybridized carbons (Fsp3) is 0.0714. The van der Waals surface area contributed by atoms with Crippen LogP contribution in [-0.2, 0) is 17.9 Å². The highest BCUT2D eigenvalue weighted by atomic mass is 79.9. The topological polar surface area (TPSA) is 46.6 Å². The molecule has 1 aliphatic rings. The third-order valence-electron chi connectivity index (χ3n) is 5.59. The number of nitrogens with zero attached hydrogens (tertiary/aromatic N) is 1. The van der Waals surface area contributed by atoms with E-state index in [2.05, 4.69) is 15.9 Å². The lowest BCUT2D eigenvalue weighted by Crippen LogP contribution is -2.27. The molecule has 1 heterocycles. The van der Waals surface area contributed by atoms with E-state index in [9.17, 15) is 9.59 Å². The van der Waals surface area contributed by atoms with Gasteiger partial charge in [0, 0.05) is 5.02 Å². The van der Waals surface area contributed by atoms with E-state index >= 15 is 0 Å². The van der Waals surface area contributed by atoms with Gasteiger partial charge in [-0.15, -0.1) is 0 Å². The maximum atomic E-state index is 13.0. The molecular weight excluding hydrogens is 546 g/mol. The number of carbonyl (C=O) groups excluding carboxylic acids is 2. The predicted octanol–water partition coefficient (Wildman–Crippen LogP) is 8.07. The summed E-state index contributed by atoms with van der Waals surface area (Å²) >= 11 is 10.4. The summed E-state index contributed by atoms with van der Waals surface area (Å²) in [5, 5.41) is 2.62. The molecule has 0 unspecified atom stereocenters. The predicted molar refractivity (Wildman–Crippen MR) is 145 cm³/mol. The Labute approximate surface area is 220 Å². The summed E-state index contributed by atoms with van der Waals surface area (Å²) in [6, 6.07) is 27.0. The zero-order chi connectivity index (χ0) is 24.4. The molecule has 7 heteroatoms. The van der Waals surface area contributed by atoms with Gasteiger partial charge in [0.15, 0.2) is 0 Å². The maximum absolute atomic E-state index is 13.0. The van der Waals surface area contributed by atoms with Crippen molar-refractivity contribution in [2.75, 3.05) is 0 Å². The first kappa shape index (κ1) is 23.7. The van der Waals surface area contributed by atoms with Crippen molar-refractivity contribution in [1.29, 1.82) is 0 Å². The van der Waals surface area contributed by atoms with Gasteiger partial charge < -0.3 is 4.74 Å². The van der Waals surface area contributed by atoms with Crippen LogP contribution in [0.15, 0.2) is 94.3 Å². The highest BCUT2D eigenvalue weighted by Gasteiger charge is 2.35. The number of ether oxygens (including phenoxy) is 1. The molecule has 1 saturated heterocycles. The minimum Gasteiger partial charge on any atom is -0.488 e. The standard InChI is InChI=1S/C28H19BrClNO3S/c29-24-14-19(8-12-25(24)34-17-18-6-10-23(30)11-7-18)15-26-27(32)31(28(33)35-26)16-20-5-9-21-3-1-2-4-22(21)13-20/h1-15H,16-17H2/b26-15-. The lowest BCUT2D eigenvalue weighted by molar-refractivity contribution is -0.123. The summed E-state index contributed by atoms with van der Waals surface area (Å²) in [4.78, 5) is 27.3. The molecule has 0 spiro atoms. The number of rotatable bonds is 6. The highest BCUT2D eigenvalue weighted by molar-refractivity contribution is 9.10. The first-order chi connectivity index (χ1) is 17.0. The van der Waals surface area contributed by atoms with Crippen molar-refractivity contribution in [3.8, 4) is 5.75 Å². The van der Waals surface area contributed by atoms with E-state index in [0.717, 1.165) is 43.7 Å². The first-order valence-corrected chi connectivity index (χ1v) is 12.8. The van der Waals surface area contributed by atoms with Crippen LogP contribution in [-0.4, -0.2) is 16.0 Å². The monoisotopic (exact) mass is 563 g/mol. The third kappa shape index (κ3) is 5.45. The van der Waals surface area contributed by atoms with Crippen molar-refractivity contribution >= 4 is 67.3 Å². The lowest BCUT2D eigenvalue weighted by Gasteiger charge is -2.13. The second-order valence-corrected chi connectivity index (χ2v) is 10.3. The normalized spacial score (nSPS) is 14.8. The first-order valence-electron chi connectivity index (χ1n) is 10.9. The Balaban J connectivity index is 1.28. The molecule has 0 N–H and O–H groups in total. The number of halogens is 2. The Morgan fingerprint density at radius 1 is 0.886 bits per heavy atom. The van der Waals surface area contributed by atoms with Gasteiger partial charge >= 0.3 is 0 Å². The van der Waals surface area contributed by atoms with Gasteiger partial charge in [0.25, 0.3) is 11.1 Å². The molecule has 5 rings (SSSR count). The van der Waals surface area contributed by atoms with Crippen molar-refractivity contribution in [2.45, 2.75) is 13.2 Å². The van der Waals surface area contributed by atoms with E-state index in [-0.39, 0.29) is 17.7 Å². The average molecular weight is 565 g/mol. The van der Waals surface area contributed by atoms with Crippen LogP contribution in [0, 0.1) is 0 Å². The van der Waals surface area contributed by atoms with Gasteiger partial charge in [0.1, 0.15) is 12.4 Å². The maximum Gasteiger partial charge on any atom is 0.293 e. The Bertz CT molecular complexity index is 1470. The van der Waals surface area contributed by atoms with Crippen LogP contribution in [0.2, 0.25) is 5.02 Å². The molecular formula is C28H19BrClNO3S. The molecule has 0 aromatic heterocycles. The molecule has 1 aliphatic heterocycles. The van der Waals surface area contributed by atoms with Gasteiger partial charge in [0.2, 0.25) is 0 Å². The number of benzene rings is 4. The summed E-state index contributed by atoms with van der Waals surface area (Å²) in [5.74, 6) is 0.397. The highest BCUT2D eigenvalue weighted by Crippen LogP contribution is 2.35. The molecule has 4 nitrogen and oxygen atoms in total. The molecule has 4 aromatic carbocycles. The summed E-state index contributed by atoms with van der Waals surface area (Å²) in [6.07, 6.45) is 1.74. The van der Waals surface area contributed by atoms with Crippen LogP contribution in [0.25, 0.3) is 16.8 Å². The molecule has 2 amide bonds. The number of carbonyl (C=O) groups is 2. The zero-order valence-electron chi connectivity index (χ0n) is 18.4. The third-order valence-corrected chi connectivity index (χ3v) is 7.37. The number of hydrogen-bond donors (Lipinski definition) is 0. The van der Waals surface area contributed by atoms with Crippen molar-refractivity contribution in [2.24, 2.45) is 0 Å². The van der Waals surface area contributed by atoms with E-state index in [1.54, 1.807) is 6.08 Å². The molecule has 0 radical (unpaired) electrons. The van der Waals surface area contributed by atoms with Crippen molar-refractivity contribution in [1.82, 2.24) is 4.90 Å². The van der Waals surface area contributed by atoms with E-state index in [1.165, 1.54) is 4.90 Å². The van der Waals surface area contributed by atoms with E-state index in [0.29, 0.717) is 22.3 Å². The summed E-state index contributed by atoms with van der Waals surface area (Å²) in [7, 11) is 0. The largest absolute Gasteiger partial charge is 0.488 e. The molecule has 0 atom stereocenters. The Hall–Kier alpha value is -3.06. The van der Waals surface area contributed by atoms with Crippen LogP contribution < -0.4 is 4.74 Å². The van der Waals surface area contributed by atoms with Crippen LogP contribution in [0.4, 0.5) is 4.79 Å². The number of hydrogen-bond acceptors (Lipinski definition) is 4. The average Bonchev–Trinajstić information content (AvgIpc) is 3.12. The number of amides is 2. The molecule has 35 heavy (non-hydrogen) atoms. The van der Waals surface area contributed by atoms with Crippen LogP contribution in [0.3, 0.4) is 0 Å². The van der Waals surface area contributed by atoms with Gasteiger partial charge in [-0.2, -0.15) is 0 Å². The van der Waals surface area contributed by atoms with Crippen LogP contribution >= 0.6 is 39.3 Å². The van der Waals surface area contributed by atoms with Crippen LogP contribution in [0.1, 0.15) is 16.7 Å². The zero-order valence-corrected chi connectivity index (χ0v) is 21.6. The SMILES string of the molecule is O=C1S/C(=C\c2ccc(OCc3ccc(Cl)cc3)c(Br)c2)C(=O)N1Cc1ccc2ccccc2c1. The number of fused-ring (bicyclic) bond motifs is 1. The second-order valence-electron chi connectivity index (χ2n) is 8.05. The van der Waals surface area contributed by atoms with Gasteiger partial charge in [0.05, 0.1) is 15.9 Å². The number of imide groups is 1. The number of thioether (sulfide) groups is 1. The van der Waals surface area contributed by atoms with Gasteiger partial charge in [-0.25, -0.2) is 0 Å². The quantitative estimate of drug-likeness (QED) is 0.222. The Morgan fingerprint density at radius 2 is 1.63 bits per heavy atom. The molecule has 174 valence electrons. The second kappa shape index (κ2) is 10.3. The van der Waals surface area contributed by atoms with Gasteiger partial charge in [-0.05, 0) is 91.6 Å². The van der Waals surface area contributed by atoms with Crippen LogP contribution in [0.5, 0.6) is 5.75 Å². The lowest BCUT2D eigenvalue weighted by atomic mass is 10.1. The van der Waals surface area contributed by atoms with E-state index in [1.807, 2.05) is 84.9 Å². The summed E-state index contributed by atoms with van der Waals surface area (Å²) in [6.45, 7) is 0.650. The van der Waals surface area contributed by atoms with E-state index < -0.39 is 0 Å². The fourth-order valence-electron chi connectivity index (χ4n) is 3.77. The summed E-state index contributed by atoms with van der Waals surface area (Å²) in [5.41, 5.74) is 2.72. The minimum atomic E-state index is -0.285. The van der Waals surface area contributed by atoms with Crippen molar-refractivity contribution in [3.05, 3.63) is 116 Å². The minimum absolute atomic E-state index is 0.244. The molecule has 1 fully saturated rings. The Kier molecular flexibility index (Phi) is 6.95. The Morgan fingerprint density at radius 3 is 2.40 bits per heavy atom. The fourth-order valence-corrected chi connectivity index (χ4v) is 5.25. The molecule has 0 bridgehead atoms.